The first kappa shape index (κ1) is 27.2. The molecule has 0 aliphatic carbocycles. The van der Waals surface area contributed by atoms with E-state index in [1.54, 1.807) is 64.3 Å². The minimum absolute atomic E-state index is 0.0903. The minimum Gasteiger partial charge on any atom is -0.461 e. The van der Waals surface area contributed by atoms with E-state index in [4.69, 9.17) is 10.5 Å². The Morgan fingerprint density at radius 2 is 1.47 bits per heavy atom. The van der Waals surface area contributed by atoms with Crippen LogP contribution < -0.4 is 25.8 Å². The lowest BCUT2D eigenvalue weighted by Crippen LogP contribution is -2.42. The molecular formula is C23H31B2N3O6+2. The summed E-state index contributed by atoms with van der Waals surface area (Å²) in [4.78, 5) is 12.7. The largest absolute Gasteiger partial charge is 0.494 e. The molecule has 2 heterocycles. The van der Waals surface area contributed by atoms with Gasteiger partial charge in [-0.3, -0.25) is 0 Å². The van der Waals surface area contributed by atoms with Crippen molar-refractivity contribution in [2.45, 2.75) is 26.9 Å². The number of esters is 1. The predicted molar refractivity (Wildman–Crippen MR) is 128 cm³/mol. The van der Waals surface area contributed by atoms with Gasteiger partial charge in [-0.25, -0.2) is 13.9 Å². The third-order valence-corrected chi connectivity index (χ3v) is 4.82. The van der Waals surface area contributed by atoms with Crippen molar-refractivity contribution in [2.75, 3.05) is 13.2 Å². The van der Waals surface area contributed by atoms with Crippen LogP contribution in [-0.4, -0.2) is 53.5 Å². The fraction of sp³-hybridized carbons (Fsp3) is 0.261. The highest BCUT2D eigenvalue weighted by Gasteiger charge is 2.21. The summed E-state index contributed by atoms with van der Waals surface area (Å²) >= 11 is 0. The molecule has 0 saturated carbocycles. The molecule has 0 fully saturated rings. The number of hydrogen-bond acceptors (Lipinski definition) is 7. The summed E-state index contributed by atoms with van der Waals surface area (Å²) in [6.07, 6.45) is 6.76. The molecule has 1 aromatic carbocycles. The molecule has 0 bridgehead atoms. The Hall–Kier alpha value is -3.08. The van der Waals surface area contributed by atoms with Crippen LogP contribution in [0.1, 0.15) is 35.3 Å². The molecule has 0 unspecified atom stereocenters. The van der Waals surface area contributed by atoms with Gasteiger partial charge in [0, 0.05) is 40.7 Å². The fourth-order valence-corrected chi connectivity index (χ4v) is 3.27. The number of carbonyl (C=O) groups is 1. The zero-order valence-electron chi connectivity index (χ0n) is 19.4. The number of ether oxygens (including phenoxy) is 1. The normalized spacial score (nSPS) is 10.2. The number of nitrogens with zero attached hydrogens (tertiary/aromatic N) is 2. The van der Waals surface area contributed by atoms with E-state index in [1.807, 2.05) is 26.0 Å². The van der Waals surface area contributed by atoms with Gasteiger partial charge in [-0.2, -0.15) is 0 Å². The average molecular weight is 467 g/mol. The van der Waals surface area contributed by atoms with E-state index in [0.29, 0.717) is 35.1 Å². The van der Waals surface area contributed by atoms with Gasteiger partial charge in [0.15, 0.2) is 37.9 Å². The van der Waals surface area contributed by atoms with Crippen molar-refractivity contribution in [3.63, 3.8) is 0 Å². The smallest absolute Gasteiger partial charge is 0.461 e. The van der Waals surface area contributed by atoms with Crippen LogP contribution in [0.15, 0.2) is 67.3 Å². The van der Waals surface area contributed by atoms with Crippen molar-refractivity contribution in [3.8, 4) is 0 Å². The number of carbonyl (C=O) groups excluding carboxylic acids is 1. The first-order chi connectivity index (χ1) is 16.4. The Morgan fingerprint density at radius 1 is 0.912 bits per heavy atom. The maximum Gasteiger partial charge on any atom is 0.494 e. The summed E-state index contributed by atoms with van der Waals surface area (Å²) in [6.45, 7) is 5.01. The summed E-state index contributed by atoms with van der Waals surface area (Å²) in [5, 5.41) is 37.6. The van der Waals surface area contributed by atoms with Gasteiger partial charge in [0.2, 0.25) is 0 Å². The topological polar surface area (TPSA) is 141 Å². The molecule has 34 heavy (non-hydrogen) atoms. The Bertz CT molecular complexity index is 1080. The molecule has 178 valence electrons. The van der Waals surface area contributed by atoms with Crippen LogP contribution in [0.3, 0.4) is 0 Å². The molecule has 0 amide bonds. The number of nitrogens with two attached hydrogens (primary N) is 1. The second kappa shape index (κ2) is 13.6. The summed E-state index contributed by atoms with van der Waals surface area (Å²) in [6, 6.07) is 12.0. The van der Waals surface area contributed by atoms with Crippen molar-refractivity contribution in [3.05, 3.63) is 83.9 Å². The zero-order chi connectivity index (χ0) is 25.1. The van der Waals surface area contributed by atoms with E-state index in [2.05, 4.69) is 0 Å². The van der Waals surface area contributed by atoms with Crippen molar-refractivity contribution in [1.82, 2.24) is 0 Å². The third-order valence-electron chi connectivity index (χ3n) is 4.82. The van der Waals surface area contributed by atoms with Gasteiger partial charge in [-0.05, 0) is 6.07 Å². The highest BCUT2D eigenvalue weighted by molar-refractivity contribution is 6.58. The quantitative estimate of drug-likeness (QED) is 0.138. The Balaban J connectivity index is 0.00000199. The lowest BCUT2D eigenvalue weighted by molar-refractivity contribution is -0.688. The third kappa shape index (κ3) is 7.75. The predicted octanol–water partition coefficient (Wildman–Crippen LogP) is -2.14. The second-order valence-electron chi connectivity index (χ2n) is 7.28. The summed E-state index contributed by atoms with van der Waals surface area (Å²) in [5.74, 6) is -0.504. The van der Waals surface area contributed by atoms with Crippen LogP contribution >= 0.6 is 0 Å². The van der Waals surface area contributed by atoms with Crippen molar-refractivity contribution in [1.29, 1.82) is 0 Å². The average Bonchev–Trinajstić information content (AvgIpc) is 2.85. The molecule has 0 radical (unpaired) electrons. The van der Waals surface area contributed by atoms with Crippen LogP contribution in [0.2, 0.25) is 0 Å². The lowest BCUT2D eigenvalue weighted by atomic mass is 9.82. The molecule has 0 aliphatic heterocycles. The molecule has 0 atom stereocenters. The van der Waals surface area contributed by atoms with Crippen LogP contribution in [0.25, 0.3) is 0 Å². The van der Waals surface area contributed by atoms with E-state index in [-0.39, 0.29) is 13.2 Å². The van der Waals surface area contributed by atoms with E-state index in [9.17, 15) is 24.9 Å². The first-order valence-electron chi connectivity index (χ1n) is 11.1. The molecule has 11 heteroatoms. The second-order valence-corrected chi connectivity index (χ2v) is 7.28. The van der Waals surface area contributed by atoms with E-state index in [1.165, 1.54) is 0 Å². The fourth-order valence-electron chi connectivity index (χ4n) is 3.27. The number of rotatable bonds is 9. The summed E-state index contributed by atoms with van der Waals surface area (Å²) in [5.41, 5.74) is 8.02. The molecule has 9 nitrogen and oxygen atoms in total. The first-order valence-corrected chi connectivity index (χ1v) is 11.1. The number of aromatic nitrogens is 2. The highest BCUT2D eigenvalue weighted by atomic mass is 16.5. The van der Waals surface area contributed by atoms with Crippen LogP contribution in [-0.2, 0) is 17.8 Å². The van der Waals surface area contributed by atoms with Gasteiger partial charge < -0.3 is 30.6 Å². The molecule has 6 N–H and O–H groups in total. The van der Waals surface area contributed by atoms with Gasteiger partial charge in [0.05, 0.1) is 5.56 Å². The van der Waals surface area contributed by atoms with Crippen LogP contribution in [0.5, 0.6) is 0 Å². The maximum atomic E-state index is 12.7. The number of pyridine rings is 2. The van der Waals surface area contributed by atoms with Gasteiger partial charge in [-0.1, -0.05) is 38.1 Å². The zero-order valence-corrected chi connectivity index (χ0v) is 19.4. The van der Waals surface area contributed by atoms with Gasteiger partial charge >= 0.3 is 20.2 Å². The standard InChI is InChI=1S/C21H25B2N3O6.C2H6/c24-7-10-32-21(27)20-11-16(12-25-8-1-3-18(14-25)22(28)29)5-6-17(20)13-26-9-2-4-19(15-26)23(30)31;1-2/h1-6,8-9,11,14-15,28-31H,7,10,12-13,24H2;1-2H3/q+2;. The highest BCUT2D eigenvalue weighted by Crippen LogP contribution is 2.14. The van der Waals surface area contributed by atoms with Crippen LogP contribution in [0, 0.1) is 0 Å². The molecule has 0 saturated heterocycles. The monoisotopic (exact) mass is 467 g/mol. The molecule has 0 aliphatic rings. The minimum atomic E-state index is -1.59. The van der Waals surface area contributed by atoms with E-state index in [0.717, 1.165) is 5.56 Å². The molecule has 2 aromatic heterocycles. The Morgan fingerprint density at radius 3 is 2.00 bits per heavy atom. The molecule has 3 rings (SSSR count). The van der Waals surface area contributed by atoms with E-state index >= 15 is 0 Å². The summed E-state index contributed by atoms with van der Waals surface area (Å²) in [7, 11) is -3.17. The molecule has 0 spiro atoms. The van der Waals surface area contributed by atoms with Crippen molar-refractivity contribution >= 4 is 31.1 Å². The number of hydrogen-bond donors (Lipinski definition) is 5. The van der Waals surface area contributed by atoms with E-state index < -0.39 is 20.2 Å². The van der Waals surface area contributed by atoms with Gasteiger partial charge in [-0.15, -0.1) is 0 Å². The Kier molecular flexibility index (Phi) is 10.9. The number of benzene rings is 1. The van der Waals surface area contributed by atoms with Gasteiger partial charge in [0.1, 0.15) is 6.61 Å². The van der Waals surface area contributed by atoms with Gasteiger partial charge in [0.25, 0.3) is 0 Å². The Labute approximate surface area is 200 Å². The summed E-state index contributed by atoms with van der Waals surface area (Å²) < 4.78 is 8.77. The SMILES string of the molecule is CC.NCCOC(=O)c1cc(C[n+]2cccc(B(O)O)c2)ccc1C[n+]1cccc(B(O)O)c1. The molecule has 3 aromatic rings. The van der Waals surface area contributed by atoms with Crippen molar-refractivity contribution < 1.29 is 38.8 Å². The lowest BCUT2D eigenvalue weighted by Gasteiger charge is -2.10. The van der Waals surface area contributed by atoms with Crippen molar-refractivity contribution in [2.24, 2.45) is 5.73 Å². The van der Waals surface area contributed by atoms with Crippen LogP contribution in [0.4, 0.5) is 0 Å². The maximum absolute atomic E-state index is 12.7. The molecular weight excluding hydrogens is 436 g/mol.